The van der Waals surface area contributed by atoms with E-state index in [-0.39, 0.29) is 11.3 Å². The first kappa shape index (κ1) is 23.4. The molecule has 3 nitrogen and oxygen atoms in total. The number of nitrogens with zero attached hydrogens (tertiary/aromatic N) is 1. The topological polar surface area (TPSA) is 36.1 Å². The van der Waals surface area contributed by atoms with E-state index in [0.717, 1.165) is 28.5 Å². The van der Waals surface area contributed by atoms with E-state index in [4.69, 9.17) is 23.2 Å². The van der Waals surface area contributed by atoms with Crippen molar-refractivity contribution in [3.8, 4) is 0 Å². The van der Waals surface area contributed by atoms with Crippen LogP contribution in [0.1, 0.15) is 47.8 Å². The minimum absolute atomic E-state index is 0.0428. The molecule has 5 heteroatoms. The van der Waals surface area contributed by atoms with Crippen molar-refractivity contribution in [2.45, 2.75) is 39.2 Å². The van der Waals surface area contributed by atoms with Gasteiger partial charge in [0.15, 0.2) is 0 Å². The van der Waals surface area contributed by atoms with Gasteiger partial charge in [0, 0.05) is 34.7 Å². The van der Waals surface area contributed by atoms with Crippen LogP contribution in [0.2, 0.25) is 10.0 Å². The molecular formula is C28H28Cl2N2O. The Morgan fingerprint density at radius 2 is 1.55 bits per heavy atom. The summed E-state index contributed by atoms with van der Waals surface area (Å²) in [5, 5.41) is 2.19. The van der Waals surface area contributed by atoms with Gasteiger partial charge in [-0.1, -0.05) is 80.4 Å². The van der Waals surface area contributed by atoms with Crippen molar-refractivity contribution in [1.82, 2.24) is 9.88 Å². The highest BCUT2D eigenvalue weighted by molar-refractivity contribution is 6.32. The van der Waals surface area contributed by atoms with Gasteiger partial charge in [-0.25, -0.2) is 0 Å². The molecule has 0 aliphatic carbocycles. The molecule has 0 unspecified atom stereocenters. The number of benzene rings is 3. The molecule has 1 heterocycles. The van der Waals surface area contributed by atoms with Crippen LogP contribution in [0.5, 0.6) is 0 Å². The van der Waals surface area contributed by atoms with Crippen molar-refractivity contribution in [3.63, 3.8) is 0 Å². The maximum atomic E-state index is 13.7. The molecule has 3 aromatic carbocycles. The van der Waals surface area contributed by atoms with E-state index < -0.39 is 0 Å². The first-order valence-electron chi connectivity index (χ1n) is 11.1. The van der Waals surface area contributed by atoms with Crippen LogP contribution < -0.4 is 0 Å². The summed E-state index contributed by atoms with van der Waals surface area (Å²) in [5.41, 5.74) is 4.98. The fourth-order valence-electron chi connectivity index (χ4n) is 3.97. The van der Waals surface area contributed by atoms with Crippen molar-refractivity contribution in [3.05, 3.63) is 105 Å². The summed E-state index contributed by atoms with van der Waals surface area (Å²) >= 11 is 12.4. The largest absolute Gasteiger partial charge is 0.361 e. The standard InChI is InChI=1S/C28H28Cl2N2O/c1-28(2,3)22-8-4-20(5-9-22)18-32(15-13-19-6-10-23(29)11-7-19)27(33)25-17-24(30)16-21-12-14-31-26(21)25/h4-12,14,16-17,31H,13,15,18H2,1-3H3. The number of amides is 1. The fourth-order valence-corrected chi connectivity index (χ4v) is 4.32. The molecule has 0 radical (unpaired) electrons. The van der Waals surface area contributed by atoms with Gasteiger partial charge in [0.05, 0.1) is 11.1 Å². The molecule has 0 aliphatic heterocycles. The van der Waals surface area contributed by atoms with Crippen molar-refractivity contribution in [2.75, 3.05) is 6.54 Å². The van der Waals surface area contributed by atoms with Crippen molar-refractivity contribution >= 4 is 40.0 Å². The van der Waals surface area contributed by atoms with Crippen molar-refractivity contribution in [1.29, 1.82) is 0 Å². The predicted molar refractivity (Wildman–Crippen MR) is 138 cm³/mol. The summed E-state index contributed by atoms with van der Waals surface area (Å²) in [7, 11) is 0. The molecule has 0 saturated carbocycles. The molecular weight excluding hydrogens is 451 g/mol. The number of fused-ring (bicyclic) bond motifs is 1. The van der Waals surface area contributed by atoms with E-state index in [1.54, 1.807) is 6.07 Å². The van der Waals surface area contributed by atoms with Crippen molar-refractivity contribution in [2.24, 2.45) is 0 Å². The summed E-state index contributed by atoms with van der Waals surface area (Å²) in [6, 6.07) is 21.9. The Bertz CT molecular complexity index is 1250. The second-order valence-electron chi connectivity index (χ2n) is 9.45. The zero-order chi connectivity index (χ0) is 23.6. The van der Waals surface area contributed by atoms with Gasteiger partial charge < -0.3 is 9.88 Å². The predicted octanol–water partition coefficient (Wildman–Crippen LogP) is 7.66. The molecule has 1 aromatic heterocycles. The Hall–Kier alpha value is -2.75. The number of carbonyl (C=O) groups excluding carboxylic acids is 1. The maximum absolute atomic E-state index is 13.7. The molecule has 0 bridgehead atoms. The van der Waals surface area contributed by atoms with Crippen LogP contribution in [0.15, 0.2) is 72.9 Å². The lowest BCUT2D eigenvalue weighted by Crippen LogP contribution is -2.32. The van der Waals surface area contributed by atoms with Gasteiger partial charge in [0.1, 0.15) is 0 Å². The van der Waals surface area contributed by atoms with Gasteiger partial charge >= 0.3 is 0 Å². The number of aromatic nitrogens is 1. The number of nitrogens with one attached hydrogen (secondary N) is 1. The molecule has 1 N–H and O–H groups in total. The third-order valence-corrected chi connectivity index (χ3v) is 6.39. The zero-order valence-electron chi connectivity index (χ0n) is 19.2. The normalized spacial score (nSPS) is 11.7. The zero-order valence-corrected chi connectivity index (χ0v) is 20.7. The fraction of sp³-hybridized carbons (Fsp3) is 0.250. The summed E-state index contributed by atoms with van der Waals surface area (Å²) in [6.45, 7) is 7.70. The molecule has 4 aromatic rings. The van der Waals surface area contributed by atoms with Crippen LogP contribution in [-0.4, -0.2) is 22.3 Å². The maximum Gasteiger partial charge on any atom is 0.256 e. The number of aromatic amines is 1. The Labute approximate surface area is 205 Å². The van der Waals surface area contributed by atoms with Gasteiger partial charge in [-0.15, -0.1) is 0 Å². The smallest absolute Gasteiger partial charge is 0.256 e. The SMILES string of the molecule is CC(C)(C)c1ccc(CN(CCc2ccc(Cl)cc2)C(=O)c2cc(Cl)cc3cc[nH]c23)cc1. The molecule has 4 rings (SSSR count). The summed E-state index contributed by atoms with van der Waals surface area (Å²) in [6.07, 6.45) is 2.57. The second-order valence-corrected chi connectivity index (χ2v) is 10.3. The van der Waals surface area contributed by atoms with E-state index >= 15 is 0 Å². The lowest BCUT2D eigenvalue weighted by Gasteiger charge is -2.25. The van der Waals surface area contributed by atoms with Gasteiger partial charge in [0.25, 0.3) is 5.91 Å². The van der Waals surface area contributed by atoms with E-state index in [9.17, 15) is 4.79 Å². The van der Waals surface area contributed by atoms with Gasteiger partial charge in [-0.2, -0.15) is 0 Å². The molecule has 0 spiro atoms. The van der Waals surface area contributed by atoms with Crippen LogP contribution in [0.3, 0.4) is 0 Å². The Balaban J connectivity index is 1.63. The molecule has 0 aliphatic rings. The average molecular weight is 479 g/mol. The molecule has 170 valence electrons. The van der Waals surface area contributed by atoms with Gasteiger partial charge in [-0.05, 0) is 58.9 Å². The molecule has 1 amide bonds. The highest BCUT2D eigenvalue weighted by atomic mass is 35.5. The van der Waals surface area contributed by atoms with Crippen LogP contribution in [0, 0.1) is 0 Å². The van der Waals surface area contributed by atoms with Crippen LogP contribution in [0.25, 0.3) is 10.9 Å². The number of carbonyl (C=O) groups is 1. The summed E-state index contributed by atoms with van der Waals surface area (Å²) < 4.78 is 0. The molecule has 33 heavy (non-hydrogen) atoms. The van der Waals surface area contributed by atoms with Gasteiger partial charge in [0.2, 0.25) is 0 Å². The van der Waals surface area contributed by atoms with Crippen LogP contribution >= 0.6 is 23.2 Å². The number of hydrogen-bond donors (Lipinski definition) is 1. The minimum atomic E-state index is -0.0428. The molecule has 0 saturated heterocycles. The Morgan fingerprint density at radius 1 is 0.879 bits per heavy atom. The average Bonchev–Trinajstić information content (AvgIpc) is 3.25. The number of rotatable bonds is 6. The number of H-pyrrole nitrogens is 1. The first-order chi connectivity index (χ1) is 15.7. The quantitative estimate of drug-likeness (QED) is 0.303. The van der Waals surface area contributed by atoms with E-state index in [2.05, 4.69) is 50.0 Å². The highest BCUT2D eigenvalue weighted by Crippen LogP contribution is 2.26. The molecule has 0 fully saturated rings. The second kappa shape index (κ2) is 9.62. The Morgan fingerprint density at radius 3 is 2.21 bits per heavy atom. The van der Waals surface area contributed by atoms with E-state index in [1.165, 1.54) is 5.56 Å². The molecule has 0 atom stereocenters. The Kier molecular flexibility index (Phi) is 6.83. The monoisotopic (exact) mass is 478 g/mol. The van der Waals surface area contributed by atoms with Crippen molar-refractivity contribution < 1.29 is 4.79 Å². The summed E-state index contributed by atoms with van der Waals surface area (Å²) in [5.74, 6) is -0.0428. The third-order valence-electron chi connectivity index (χ3n) is 5.92. The van der Waals surface area contributed by atoms with Gasteiger partial charge in [-0.3, -0.25) is 4.79 Å². The lowest BCUT2D eigenvalue weighted by atomic mass is 9.87. The number of hydrogen-bond acceptors (Lipinski definition) is 1. The summed E-state index contributed by atoms with van der Waals surface area (Å²) in [4.78, 5) is 18.8. The van der Waals surface area contributed by atoms with E-state index in [0.29, 0.717) is 28.7 Å². The number of halogens is 2. The van der Waals surface area contributed by atoms with Crippen LogP contribution in [-0.2, 0) is 18.4 Å². The van der Waals surface area contributed by atoms with E-state index in [1.807, 2.05) is 47.5 Å². The minimum Gasteiger partial charge on any atom is -0.361 e. The highest BCUT2D eigenvalue weighted by Gasteiger charge is 2.21. The van der Waals surface area contributed by atoms with Crippen LogP contribution in [0.4, 0.5) is 0 Å². The first-order valence-corrected chi connectivity index (χ1v) is 11.9. The lowest BCUT2D eigenvalue weighted by molar-refractivity contribution is 0.0747. The third kappa shape index (κ3) is 5.61.